The van der Waals surface area contributed by atoms with Gasteiger partial charge in [0, 0.05) is 33.8 Å². The summed E-state index contributed by atoms with van der Waals surface area (Å²) in [6.07, 6.45) is -0.491. The Morgan fingerprint density at radius 1 is 1.05 bits per heavy atom. The van der Waals surface area contributed by atoms with Gasteiger partial charge in [-0.3, -0.25) is 0 Å². The molecule has 0 spiro atoms. The number of hydrogen-bond donors (Lipinski definition) is 1. The van der Waals surface area contributed by atoms with E-state index in [1.807, 2.05) is 37.4 Å². The van der Waals surface area contributed by atoms with Crippen molar-refractivity contribution in [1.82, 2.24) is 0 Å². The highest BCUT2D eigenvalue weighted by Gasteiger charge is 2.12. The molecule has 0 saturated heterocycles. The molecule has 2 aromatic carbocycles. The van der Waals surface area contributed by atoms with E-state index in [2.05, 4.69) is 48.9 Å². The molecule has 0 fully saturated rings. The summed E-state index contributed by atoms with van der Waals surface area (Å²) in [6, 6.07) is 14.3. The summed E-state index contributed by atoms with van der Waals surface area (Å²) >= 11 is 6.90. The summed E-state index contributed by atoms with van der Waals surface area (Å²) in [7, 11) is 2.04. The van der Waals surface area contributed by atoms with E-state index in [0.29, 0.717) is 0 Å². The Morgan fingerprint density at radius 3 is 2.25 bits per heavy atom. The number of anilines is 1. The number of aliphatic hydroxyl groups is 1. The Bertz CT molecular complexity index is 582. The molecular weight excluding hydrogens is 382 g/mol. The van der Waals surface area contributed by atoms with E-state index in [4.69, 9.17) is 0 Å². The minimum Gasteiger partial charge on any atom is -0.389 e. The molecule has 20 heavy (non-hydrogen) atoms. The zero-order valence-electron chi connectivity index (χ0n) is 11.5. The molecule has 0 aromatic heterocycles. The number of hydrogen-bond acceptors (Lipinski definition) is 2. The number of benzene rings is 2. The van der Waals surface area contributed by atoms with Crippen LogP contribution in [0, 0.1) is 0 Å². The van der Waals surface area contributed by atoms with E-state index in [1.54, 1.807) is 6.92 Å². The number of nitrogens with zero attached hydrogens (tertiary/aromatic N) is 1. The van der Waals surface area contributed by atoms with Crippen LogP contribution in [0.2, 0.25) is 0 Å². The Kier molecular flexibility index (Phi) is 5.24. The van der Waals surface area contributed by atoms with E-state index in [-0.39, 0.29) is 0 Å². The Morgan fingerprint density at radius 2 is 1.65 bits per heavy atom. The third-order valence-electron chi connectivity index (χ3n) is 3.18. The maximum Gasteiger partial charge on any atom is 0.0782 e. The lowest BCUT2D eigenvalue weighted by atomic mass is 10.1. The van der Waals surface area contributed by atoms with Gasteiger partial charge in [0.2, 0.25) is 0 Å². The Labute approximate surface area is 136 Å². The zero-order chi connectivity index (χ0) is 14.7. The number of rotatable bonds is 4. The highest BCUT2D eigenvalue weighted by Crippen LogP contribution is 2.29. The average Bonchev–Trinajstić information content (AvgIpc) is 2.41. The lowest BCUT2D eigenvalue weighted by molar-refractivity contribution is 0.199. The average molecular weight is 399 g/mol. The molecule has 0 saturated carbocycles. The Hall–Kier alpha value is -0.840. The summed E-state index contributed by atoms with van der Waals surface area (Å²) in [4.78, 5) is 2.15. The first-order chi connectivity index (χ1) is 9.47. The second-order valence-electron chi connectivity index (χ2n) is 4.86. The van der Waals surface area contributed by atoms with Crippen molar-refractivity contribution >= 4 is 37.5 Å². The van der Waals surface area contributed by atoms with Gasteiger partial charge in [-0.2, -0.15) is 0 Å². The van der Waals surface area contributed by atoms with E-state index < -0.39 is 6.10 Å². The van der Waals surface area contributed by atoms with E-state index in [0.717, 1.165) is 26.7 Å². The van der Waals surface area contributed by atoms with Crippen LogP contribution in [-0.4, -0.2) is 12.2 Å². The predicted octanol–water partition coefficient (Wildman–Crippen LogP) is 4.90. The minimum atomic E-state index is -0.491. The summed E-state index contributed by atoms with van der Waals surface area (Å²) < 4.78 is 2.06. The minimum absolute atomic E-state index is 0.491. The van der Waals surface area contributed by atoms with Crippen LogP contribution in [0.4, 0.5) is 5.69 Å². The van der Waals surface area contributed by atoms with Crippen LogP contribution in [0.25, 0.3) is 0 Å². The van der Waals surface area contributed by atoms with Gasteiger partial charge in [-0.25, -0.2) is 0 Å². The molecular formula is C16H17Br2NO. The van der Waals surface area contributed by atoms with Crippen molar-refractivity contribution in [3.8, 4) is 0 Å². The summed E-state index contributed by atoms with van der Waals surface area (Å²) in [5.74, 6) is 0. The molecule has 0 aliphatic heterocycles. The topological polar surface area (TPSA) is 23.5 Å². The fourth-order valence-electron chi connectivity index (χ4n) is 2.16. The van der Waals surface area contributed by atoms with Gasteiger partial charge in [-0.15, -0.1) is 0 Å². The normalized spacial score (nSPS) is 12.2. The van der Waals surface area contributed by atoms with Crippen LogP contribution in [0.3, 0.4) is 0 Å². The van der Waals surface area contributed by atoms with Crippen molar-refractivity contribution < 1.29 is 5.11 Å². The van der Waals surface area contributed by atoms with Crippen molar-refractivity contribution in [1.29, 1.82) is 0 Å². The van der Waals surface area contributed by atoms with Gasteiger partial charge in [-0.05, 0) is 42.8 Å². The molecule has 0 amide bonds. The third-order valence-corrected chi connectivity index (χ3v) is 4.21. The van der Waals surface area contributed by atoms with Gasteiger partial charge in [0.05, 0.1) is 6.10 Å². The smallest absolute Gasteiger partial charge is 0.0782 e. The van der Waals surface area contributed by atoms with Gasteiger partial charge >= 0.3 is 0 Å². The summed E-state index contributed by atoms with van der Waals surface area (Å²) in [5.41, 5.74) is 3.21. The van der Waals surface area contributed by atoms with Gasteiger partial charge in [0.25, 0.3) is 0 Å². The highest BCUT2D eigenvalue weighted by atomic mass is 79.9. The molecule has 4 heteroatoms. The quantitative estimate of drug-likeness (QED) is 0.791. The fraction of sp³-hybridized carbons (Fsp3) is 0.250. The SMILES string of the molecule is CC(O)c1cc(Br)ccc1N(C)Cc1ccc(Br)cc1. The molecule has 0 heterocycles. The molecule has 0 aliphatic carbocycles. The molecule has 1 N–H and O–H groups in total. The summed E-state index contributed by atoms with van der Waals surface area (Å²) in [5, 5.41) is 9.93. The monoisotopic (exact) mass is 397 g/mol. The maximum atomic E-state index is 9.93. The molecule has 2 rings (SSSR count). The van der Waals surface area contributed by atoms with Crippen LogP contribution >= 0.6 is 31.9 Å². The van der Waals surface area contributed by atoms with Crippen LogP contribution in [0.1, 0.15) is 24.2 Å². The number of aliphatic hydroxyl groups excluding tert-OH is 1. The third kappa shape index (κ3) is 3.84. The van der Waals surface area contributed by atoms with Crippen molar-refractivity contribution in [2.24, 2.45) is 0 Å². The van der Waals surface area contributed by atoms with Gasteiger partial charge < -0.3 is 10.0 Å². The molecule has 0 radical (unpaired) electrons. The van der Waals surface area contributed by atoms with Gasteiger partial charge in [0.15, 0.2) is 0 Å². The second-order valence-corrected chi connectivity index (χ2v) is 6.69. The fourth-order valence-corrected chi connectivity index (χ4v) is 2.80. The summed E-state index contributed by atoms with van der Waals surface area (Å²) in [6.45, 7) is 2.59. The molecule has 1 unspecified atom stereocenters. The first-order valence-electron chi connectivity index (χ1n) is 6.40. The molecule has 0 bridgehead atoms. The number of halogens is 2. The maximum absolute atomic E-state index is 9.93. The van der Waals surface area contributed by atoms with Crippen LogP contribution in [0.15, 0.2) is 51.4 Å². The first kappa shape index (κ1) is 15.5. The Balaban J connectivity index is 2.24. The first-order valence-corrected chi connectivity index (χ1v) is 7.99. The van der Waals surface area contributed by atoms with Crippen LogP contribution < -0.4 is 4.90 Å². The molecule has 106 valence electrons. The van der Waals surface area contributed by atoms with E-state index in [1.165, 1.54) is 5.56 Å². The van der Waals surface area contributed by atoms with Crippen molar-refractivity contribution in [3.63, 3.8) is 0 Å². The largest absolute Gasteiger partial charge is 0.389 e. The van der Waals surface area contributed by atoms with Crippen LogP contribution in [0.5, 0.6) is 0 Å². The van der Waals surface area contributed by atoms with Crippen molar-refractivity contribution in [2.75, 3.05) is 11.9 Å². The highest BCUT2D eigenvalue weighted by molar-refractivity contribution is 9.10. The van der Waals surface area contributed by atoms with Crippen molar-refractivity contribution in [3.05, 3.63) is 62.5 Å². The second kappa shape index (κ2) is 6.74. The van der Waals surface area contributed by atoms with E-state index in [9.17, 15) is 5.11 Å². The lowest BCUT2D eigenvalue weighted by Gasteiger charge is -2.24. The lowest BCUT2D eigenvalue weighted by Crippen LogP contribution is -2.18. The van der Waals surface area contributed by atoms with Gasteiger partial charge in [0.1, 0.15) is 0 Å². The van der Waals surface area contributed by atoms with E-state index >= 15 is 0 Å². The zero-order valence-corrected chi connectivity index (χ0v) is 14.6. The predicted molar refractivity (Wildman–Crippen MR) is 91.0 cm³/mol. The standard InChI is InChI=1S/C16H17Br2NO/c1-11(20)15-9-14(18)7-8-16(15)19(2)10-12-3-5-13(17)6-4-12/h3-9,11,20H,10H2,1-2H3. The molecule has 0 aliphatic rings. The van der Waals surface area contributed by atoms with Crippen LogP contribution in [-0.2, 0) is 6.54 Å². The van der Waals surface area contributed by atoms with Gasteiger partial charge in [-0.1, -0.05) is 44.0 Å². The molecule has 1 atom stereocenters. The molecule has 2 nitrogen and oxygen atoms in total. The van der Waals surface area contributed by atoms with Crippen molar-refractivity contribution in [2.45, 2.75) is 19.6 Å². The molecule has 2 aromatic rings.